The van der Waals surface area contributed by atoms with E-state index in [4.69, 9.17) is 10.2 Å². The summed E-state index contributed by atoms with van der Waals surface area (Å²) in [6.45, 7) is 1.78. The molecule has 0 aliphatic heterocycles. The van der Waals surface area contributed by atoms with Crippen LogP contribution in [-0.4, -0.2) is 11.6 Å². The topological polar surface area (TPSA) is 80.6 Å². The highest BCUT2D eigenvalue weighted by Crippen LogP contribution is 2.19. The number of carbonyl (C=O) groups is 1. The Kier molecular flexibility index (Phi) is 3.62. The molecule has 3 N–H and O–H groups in total. The summed E-state index contributed by atoms with van der Waals surface area (Å²) >= 11 is 0. The zero-order chi connectivity index (χ0) is 15.5. The Bertz CT molecular complexity index is 815. The van der Waals surface area contributed by atoms with Gasteiger partial charge in [-0.15, -0.1) is 0 Å². The first kappa shape index (κ1) is 13.9. The number of amides is 1. The number of furan rings is 1. The van der Waals surface area contributed by atoms with E-state index in [1.165, 1.54) is 0 Å². The van der Waals surface area contributed by atoms with Crippen molar-refractivity contribution in [1.82, 2.24) is 5.43 Å². The Morgan fingerprint density at radius 3 is 2.59 bits per heavy atom. The highest BCUT2D eigenvalue weighted by Gasteiger charge is 2.08. The Labute approximate surface area is 127 Å². The number of carbonyl (C=O) groups excluding carboxylic acids is 1. The fourth-order valence-electron chi connectivity index (χ4n) is 2.05. The summed E-state index contributed by atoms with van der Waals surface area (Å²) in [6, 6.07) is 16.2. The van der Waals surface area contributed by atoms with Crippen molar-refractivity contribution < 1.29 is 9.21 Å². The SMILES string of the molecule is C/C(=N\NC(=O)c1ccc(N)cc1)c1cc2ccccc2o1. The number of fused-ring (bicyclic) bond motifs is 1. The Morgan fingerprint density at radius 1 is 1.14 bits per heavy atom. The van der Waals surface area contributed by atoms with Crippen molar-refractivity contribution in [2.24, 2.45) is 5.10 Å². The summed E-state index contributed by atoms with van der Waals surface area (Å²) in [6.07, 6.45) is 0. The van der Waals surface area contributed by atoms with E-state index in [1.54, 1.807) is 31.2 Å². The van der Waals surface area contributed by atoms with Gasteiger partial charge in [0.25, 0.3) is 5.91 Å². The number of hydrogen-bond donors (Lipinski definition) is 2. The van der Waals surface area contributed by atoms with Crippen LogP contribution in [0.5, 0.6) is 0 Å². The van der Waals surface area contributed by atoms with Crippen molar-refractivity contribution in [3.8, 4) is 0 Å². The van der Waals surface area contributed by atoms with E-state index in [9.17, 15) is 4.79 Å². The zero-order valence-corrected chi connectivity index (χ0v) is 12.0. The number of nitrogens with one attached hydrogen (secondary N) is 1. The number of anilines is 1. The lowest BCUT2D eigenvalue weighted by atomic mass is 10.2. The van der Waals surface area contributed by atoms with Gasteiger partial charge in [0.15, 0.2) is 5.76 Å². The van der Waals surface area contributed by atoms with Crippen molar-refractivity contribution in [1.29, 1.82) is 0 Å². The number of rotatable bonds is 3. The molecule has 22 heavy (non-hydrogen) atoms. The highest BCUT2D eigenvalue weighted by molar-refractivity contribution is 6.01. The molecule has 5 nitrogen and oxygen atoms in total. The smallest absolute Gasteiger partial charge is 0.271 e. The molecular weight excluding hydrogens is 278 g/mol. The number of nitrogen functional groups attached to an aromatic ring is 1. The van der Waals surface area contributed by atoms with E-state index in [2.05, 4.69) is 10.5 Å². The molecule has 2 aromatic carbocycles. The zero-order valence-electron chi connectivity index (χ0n) is 12.0. The van der Waals surface area contributed by atoms with E-state index in [-0.39, 0.29) is 5.91 Å². The number of benzene rings is 2. The predicted molar refractivity (Wildman–Crippen MR) is 86.7 cm³/mol. The number of para-hydroxylation sites is 1. The van der Waals surface area contributed by atoms with Gasteiger partial charge >= 0.3 is 0 Å². The van der Waals surface area contributed by atoms with Gasteiger partial charge in [-0.3, -0.25) is 4.79 Å². The molecule has 0 atom stereocenters. The third-order valence-corrected chi connectivity index (χ3v) is 3.28. The molecule has 0 unspecified atom stereocenters. The lowest BCUT2D eigenvalue weighted by molar-refractivity contribution is 0.0955. The van der Waals surface area contributed by atoms with Gasteiger partial charge in [0.05, 0.1) is 0 Å². The van der Waals surface area contributed by atoms with Crippen LogP contribution in [0, 0.1) is 0 Å². The molecule has 1 heterocycles. The van der Waals surface area contributed by atoms with Gasteiger partial charge in [-0.1, -0.05) is 18.2 Å². The Hall–Kier alpha value is -3.08. The Morgan fingerprint density at radius 2 is 1.86 bits per heavy atom. The molecule has 110 valence electrons. The molecule has 0 fully saturated rings. The molecule has 0 bridgehead atoms. The molecule has 3 rings (SSSR count). The number of hydrazone groups is 1. The highest BCUT2D eigenvalue weighted by atomic mass is 16.3. The normalized spacial score (nSPS) is 11.6. The molecule has 3 aromatic rings. The molecule has 1 aromatic heterocycles. The second kappa shape index (κ2) is 5.73. The molecule has 0 saturated carbocycles. The van der Waals surface area contributed by atoms with Crippen LogP contribution < -0.4 is 11.2 Å². The first-order valence-corrected chi connectivity index (χ1v) is 6.82. The van der Waals surface area contributed by atoms with E-state index in [1.807, 2.05) is 30.3 Å². The van der Waals surface area contributed by atoms with Crippen molar-refractivity contribution >= 4 is 28.3 Å². The predicted octanol–water partition coefficient (Wildman–Crippen LogP) is 3.17. The van der Waals surface area contributed by atoms with E-state index >= 15 is 0 Å². The second-order valence-electron chi connectivity index (χ2n) is 4.91. The average Bonchev–Trinajstić information content (AvgIpc) is 2.97. The summed E-state index contributed by atoms with van der Waals surface area (Å²) in [5.41, 5.74) is 10.6. The minimum Gasteiger partial charge on any atom is -0.455 e. The van der Waals surface area contributed by atoms with Gasteiger partial charge in [0.2, 0.25) is 0 Å². The van der Waals surface area contributed by atoms with Gasteiger partial charge in [-0.25, -0.2) is 5.43 Å². The summed E-state index contributed by atoms with van der Waals surface area (Å²) in [7, 11) is 0. The lowest BCUT2D eigenvalue weighted by Crippen LogP contribution is -2.19. The number of nitrogens with two attached hydrogens (primary N) is 1. The van der Waals surface area contributed by atoms with Gasteiger partial charge in [-0.2, -0.15) is 5.10 Å². The van der Waals surface area contributed by atoms with E-state index in [0.29, 0.717) is 22.7 Å². The summed E-state index contributed by atoms with van der Waals surface area (Å²) in [4.78, 5) is 12.0. The van der Waals surface area contributed by atoms with Crippen LogP contribution in [0.4, 0.5) is 5.69 Å². The quantitative estimate of drug-likeness (QED) is 0.442. The molecule has 0 radical (unpaired) electrons. The maximum Gasteiger partial charge on any atom is 0.271 e. The van der Waals surface area contributed by atoms with Gasteiger partial charge in [-0.05, 0) is 43.3 Å². The van der Waals surface area contributed by atoms with Crippen molar-refractivity contribution in [2.45, 2.75) is 6.92 Å². The molecule has 0 spiro atoms. The summed E-state index contributed by atoms with van der Waals surface area (Å²) in [5, 5.41) is 5.08. The van der Waals surface area contributed by atoms with Crippen LogP contribution in [0.25, 0.3) is 11.0 Å². The van der Waals surface area contributed by atoms with Crippen LogP contribution in [0.1, 0.15) is 23.0 Å². The maximum atomic E-state index is 12.0. The standard InChI is InChI=1S/C17H15N3O2/c1-11(16-10-13-4-2-3-5-15(13)22-16)19-20-17(21)12-6-8-14(18)9-7-12/h2-10H,18H2,1H3,(H,20,21)/b19-11+. The van der Waals surface area contributed by atoms with Crippen LogP contribution in [0.15, 0.2) is 64.1 Å². The summed E-state index contributed by atoms with van der Waals surface area (Å²) < 4.78 is 5.68. The first-order chi connectivity index (χ1) is 10.6. The maximum absolute atomic E-state index is 12.0. The third-order valence-electron chi connectivity index (χ3n) is 3.28. The van der Waals surface area contributed by atoms with Gasteiger partial charge in [0.1, 0.15) is 11.3 Å². The largest absolute Gasteiger partial charge is 0.455 e. The van der Waals surface area contributed by atoms with Crippen molar-refractivity contribution in [2.75, 3.05) is 5.73 Å². The van der Waals surface area contributed by atoms with Crippen LogP contribution in [0.3, 0.4) is 0 Å². The van der Waals surface area contributed by atoms with Crippen LogP contribution in [0.2, 0.25) is 0 Å². The molecule has 0 aliphatic rings. The number of nitrogens with zero attached hydrogens (tertiary/aromatic N) is 1. The summed E-state index contributed by atoms with van der Waals surface area (Å²) in [5.74, 6) is 0.328. The fourth-order valence-corrected chi connectivity index (χ4v) is 2.05. The minimum absolute atomic E-state index is 0.296. The monoisotopic (exact) mass is 293 g/mol. The van der Waals surface area contributed by atoms with Crippen molar-refractivity contribution in [3.05, 3.63) is 65.9 Å². The first-order valence-electron chi connectivity index (χ1n) is 6.82. The average molecular weight is 293 g/mol. The Balaban J connectivity index is 1.76. The molecule has 5 heteroatoms. The molecule has 0 saturated heterocycles. The van der Waals surface area contributed by atoms with Crippen LogP contribution >= 0.6 is 0 Å². The van der Waals surface area contributed by atoms with Gasteiger partial charge < -0.3 is 10.2 Å². The van der Waals surface area contributed by atoms with Gasteiger partial charge in [0, 0.05) is 16.6 Å². The number of hydrogen-bond acceptors (Lipinski definition) is 4. The molecule has 0 aliphatic carbocycles. The third kappa shape index (κ3) is 2.83. The second-order valence-corrected chi connectivity index (χ2v) is 4.91. The minimum atomic E-state index is -0.296. The van der Waals surface area contributed by atoms with E-state index < -0.39 is 0 Å². The molecule has 1 amide bonds. The van der Waals surface area contributed by atoms with Crippen molar-refractivity contribution in [3.63, 3.8) is 0 Å². The fraction of sp³-hybridized carbons (Fsp3) is 0.0588. The van der Waals surface area contributed by atoms with E-state index in [0.717, 1.165) is 11.0 Å². The van der Waals surface area contributed by atoms with Crippen LogP contribution in [-0.2, 0) is 0 Å². The lowest BCUT2D eigenvalue weighted by Gasteiger charge is -2.01. The molecular formula is C17H15N3O2.